The van der Waals surface area contributed by atoms with E-state index in [0.717, 1.165) is 25.1 Å². The average molecular weight is 276 g/mol. The molecule has 2 rings (SSSR count). The molecule has 3 amide bonds. The number of nitrogens with zero attached hydrogens (tertiary/aromatic N) is 2. The van der Waals surface area contributed by atoms with Gasteiger partial charge in [-0.3, -0.25) is 9.78 Å². The van der Waals surface area contributed by atoms with E-state index in [9.17, 15) is 9.59 Å². The van der Waals surface area contributed by atoms with Crippen LogP contribution in [0.4, 0.5) is 4.79 Å². The summed E-state index contributed by atoms with van der Waals surface area (Å²) in [5.74, 6) is -0.0502. The van der Waals surface area contributed by atoms with E-state index in [4.69, 9.17) is 0 Å². The number of carbonyl (C=O) groups is 2. The maximum atomic E-state index is 12.1. The number of rotatable bonds is 3. The molecular formula is C14H20N4O2. The minimum absolute atomic E-state index is 0.0502. The van der Waals surface area contributed by atoms with Gasteiger partial charge in [0.05, 0.1) is 12.2 Å². The Morgan fingerprint density at radius 2 is 2.30 bits per heavy atom. The average Bonchev–Trinajstić information content (AvgIpc) is 2.45. The zero-order valence-electron chi connectivity index (χ0n) is 11.6. The van der Waals surface area contributed by atoms with Crippen LogP contribution in [0.3, 0.4) is 0 Å². The maximum Gasteiger partial charge on any atom is 0.317 e. The second-order valence-electron chi connectivity index (χ2n) is 4.97. The first-order chi connectivity index (χ1) is 9.65. The maximum absolute atomic E-state index is 12.1. The number of amides is 3. The summed E-state index contributed by atoms with van der Waals surface area (Å²) >= 11 is 0. The highest BCUT2D eigenvalue weighted by molar-refractivity contribution is 5.75. The Balaban J connectivity index is 1.81. The van der Waals surface area contributed by atoms with Crippen molar-refractivity contribution in [1.29, 1.82) is 0 Å². The Bertz CT molecular complexity index is 464. The molecule has 2 heterocycles. The first kappa shape index (κ1) is 14.3. The van der Waals surface area contributed by atoms with E-state index < -0.39 is 0 Å². The van der Waals surface area contributed by atoms with Crippen LogP contribution < -0.4 is 10.6 Å². The quantitative estimate of drug-likeness (QED) is 0.861. The van der Waals surface area contributed by atoms with E-state index in [2.05, 4.69) is 15.6 Å². The molecule has 1 aromatic heterocycles. The second kappa shape index (κ2) is 6.88. The van der Waals surface area contributed by atoms with Crippen molar-refractivity contribution in [1.82, 2.24) is 20.5 Å². The van der Waals surface area contributed by atoms with E-state index in [0.29, 0.717) is 13.1 Å². The van der Waals surface area contributed by atoms with Gasteiger partial charge in [0.25, 0.3) is 0 Å². The zero-order valence-corrected chi connectivity index (χ0v) is 11.6. The van der Waals surface area contributed by atoms with Crippen LogP contribution in [0.1, 0.15) is 25.5 Å². The fraction of sp³-hybridized carbons (Fsp3) is 0.500. The van der Waals surface area contributed by atoms with Gasteiger partial charge in [0.1, 0.15) is 0 Å². The summed E-state index contributed by atoms with van der Waals surface area (Å²) in [6.45, 7) is 3.21. The summed E-state index contributed by atoms with van der Waals surface area (Å²) in [5, 5.41) is 5.72. The molecule has 108 valence electrons. The molecular weight excluding hydrogens is 256 g/mol. The lowest BCUT2D eigenvalue weighted by Gasteiger charge is -2.32. The van der Waals surface area contributed by atoms with Gasteiger partial charge < -0.3 is 15.5 Å². The minimum atomic E-state index is -0.106. The summed E-state index contributed by atoms with van der Waals surface area (Å²) in [5.41, 5.74) is 0.830. The first-order valence-corrected chi connectivity index (χ1v) is 6.85. The summed E-state index contributed by atoms with van der Waals surface area (Å²) in [6, 6.07) is 5.56. The van der Waals surface area contributed by atoms with Crippen LogP contribution in [0.15, 0.2) is 24.4 Å². The largest absolute Gasteiger partial charge is 0.352 e. The minimum Gasteiger partial charge on any atom is -0.352 e. The highest BCUT2D eigenvalue weighted by Crippen LogP contribution is 2.10. The predicted octanol–water partition coefficient (Wildman–Crippen LogP) is 0.892. The Morgan fingerprint density at radius 1 is 1.45 bits per heavy atom. The number of hydrogen-bond acceptors (Lipinski definition) is 3. The third-order valence-electron chi connectivity index (χ3n) is 3.26. The van der Waals surface area contributed by atoms with Crippen molar-refractivity contribution >= 4 is 11.9 Å². The topological polar surface area (TPSA) is 74.3 Å². The molecule has 1 saturated heterocycles. The molecule has 20 heavy (non-hydrogen) atoms. The number of aromatic nitrogens is 1. The van der Waals surface area contributed by atoms with Gasteiger partial charge in [-0.2, -0.15) is 0 Å². The van der Waals surface area contributed by atoms with E-state index in [1.165, 1.54) is 6.92 Å². The third-order valence-corrected chi connectivity index (χ3v) is 3.26. The van der Waals surface area contributed by atoms with Crippen LogP contribution in [-0.4, -0.2) is 41.0 Å². The summed E-state index contributed by atoms with van der Waals surface area (Å²) in [4.78, 5) is 29.0. The SMILES string of the molecule is CC(=O)NC1CCCN(C(=O)NCc2ccccn2)C1. The van der Waals surface area contributed by atoms with Gasteiger partial charge in [0.2, 0.25) is 5.91 Å². The Morgan fingerprint density at radius 3 is 3.00 bits per heavy atom. The van der Waals surface area contributed by atoms with Crippen LogP contribution >= 0.6 is 0 Å². The predicted molar refractivity (Wildman–Crippen MR) is 74.9 cm³/mol. The van der Waals surface area contributed by atoms with Crippen LogP contribution in [0, 0.1) is 0 Å². The number of piperidine rings is 1. The summed E-state index contributed by atoms with van der Waals surface area (Å²) < 4.78 is 0. The van der Waals surface area contributed by atoms with Crippen molar-refractivity contribution < 1.29 is 9.59 Å². The molecule has 1 fully saturated rings. The van der Waals surface area contributed by atoms with Gasteiger partial charge in [0, 0.05) is 32.3 Å². The fourth-order valence-corrected chi connectivity index (χ4v) is 2.35. The molecule has 0 aliphatic carbocycles. The molecule has 0 spiro atoms. The second-order valence-corrected chi connectivity index (χ2v) is 4.97. The van der Waals surface area contributed by atoms with Crippen LogP contribution in [0.5, 0.6) is 0 Å². The molecule has 6 heteroatoms. The molecule has 1 unspecified atom stereocenters. The van der Waals surface area contributed by atoms with Crippen molar-refractivity contribution in [3.05, 3.63) is 30.1 Å². The van der Waals surface area contributed by atoms with Crippen LogP contribution in [0.2, 0.25) is 0 Å². The molecule has 1 aliphatic rings. The first-order valence-electron chi connectivity index (χ1n) is 6.85. The molecule has 0 bridgehead atoms. The lowest BCUT2D eigenvalue weighted by atomic mass is 10.1. The van der Waals surface area contributed by atoms with Gasteiger partial charge in [-0.1, -0.05) is 6.07 Å². The zero-order chi connectivity index (χ0) is 14.4. The van der Waals surface area contributed by atoms with Crippen LogP contribution in [0.25, 0.3) is 0 Å². The van der Waals surface area contributed by atoms with Crippen molar-refractivity contribution in [2.24, 2.45) is 0 Å². The third kappa shape index (κ3) is 4.22. The van der Waals surface area contributed by atoms with E-state index >= 15 is 0 Å². The molecule has 1 aliphatic heterocycles. The lowest BCUT2D eigenvalue weighted by molar-refractivity contribution is -0.119. The fourth-order valence-electron chi connectivity index (χ4n) is 2.35. The number of pyridine rings is 1. The Labute approximate surface area is 118 Å². The smallest absolute Gasteiger partial charge is 0.317 e. The highest BCUT2D eigenvalue weighted by Gasteiger charge is 2.23. The summed E-state index contributed by atoms with van der Waals surface area (Å²) in [6.07, 6.45) is 3.53. The van der Waals surface area contributed by atoms with Gasteiger partial charge in [-0.25, -0.2) is 4.79 Å². The van der Waals surface area contributed by atoms with Crippen LogP contribution in [-0.2, 0) is 11.3 Å². The molecule has 6 nitrogen and oxygen atoms in total. The monoisotopic (exact) mass is 276 g/mol. The number of carbonyl (C=O) groups excluding carboxylic acids is 2. The van der Waals surface area contributed by atoms with Gasteiger partial charge in [0.15, 0.2) is 0 Å². The van der Waals surface area contributed by atoms with Crippen molar-refractivity contribution in [2.75, 3.05) is 13.1 Å². The number of nitrogens with one attached hydrogen (secondary N) is 2. The molecule has 2 N–H and O–H groups in total. The van der Waals surface area contributed by atoms with E-state index in [-0.39, 0.29) is 18.0 Å². The molecule has 0 saturated carbocycles. The normalized spacial score (nSPS) is 18.4. The standard InChI is InChI=1S/C14H20N4O2/c1-11(19)17-13-6-4-8-18(10-13)14(20)16-9-12-5-2-3-7-15-12/h2-3,5,7,13H,4,6,8-10H2,1H3,(H,16,20)(H,17,19). The number of likely N-dealkylation sites (tertiary alicyclic amines) is 1. The molecule has 1 atom stereocenters. The molecule has 0 radical (unpaired) electrons. The molecule has 0 aromatic carbocycles. The van der Waals surface area contributed by atoms with Gasteiger partial charge >= 0.3 is 6.03 Å². The van der Waals surface area contributed by atoms with Crippen molar-refractivity contribution in [2.45, 2.75) is 32.4 Å². The van der Waals surface area contributed by atoms with Crippen molar-refractivity contribution in [3.63, 3.8) is 0 Å². The Kier molecular flexibility index (Phi) is 4.92. The van der Waals surface area contributed by atoms with E-state index in [1.54, 1.807) is 11.1 Å². The number of hydrogen-bond donors (Lipinski definition) is 2. The number of urea groups is 1. The summed E-state index contributed by atoms with van der Waals surface area (Å²) in [7, 11) is 0. The molecule has 1 aromatic rings. The van der Waals surface area contributed by atoms with E-state index in [1.807, 2.05) is 18.2 Å². The van der Waals surface area contributed by atoms with Crippen molar-refractivity contribution in [3.8, 4) is 0 Å². The van der Waals surface area contributed by atoms with Gasteiger partial charge in [-0.15, -0.1) is 0 Å². The Hall–Kier alpha value is -2.11. The van der Waals surface area contributed by atoms with Gasteiger partial charge in [-0.05, 0) is 25.0 Å². The lowest BCUT2D eigenvalue weighted by Crippen LogP contribution is -2.51. The highest BCUT2D eigenvalue weighted by atomic mass is 16.2.